The second kappa shape index (κ2) is 8.65. The van der Waals surface area contributed by atoms with Gasteiger partial charge in [-0.3, -0.25) is 19.7 Å². The molecule has 0 aromatic heterocycles. The summed E-state index contributed by atoms with van der Waals surface area (Å²) in [5.74, 6) is -0.107. The van der Waals surface area contributed by atoms with Crippen molar-refractivity contribution >= 4 is 34.6 Å². The lowest BCUT2D eigenvalue weighted by Crippen LogP contribution is -2.32. The molecular formula is C18H20N4O5. The Balaban J connectivity index is 2.12. The average molecular weight is 372 g/mol. The molecule has 0 radical (unpaired) electrons. The number of nitrogens with one attached hydrogen (secondary N) is 3. The Morgan fingerprint density at radius 3 is 2.44 bits per heavy atom. The monoisotopic (exact) mass is 372 g/mol. The molecule has 2 aromatic carbocycles. The fourth-order valence-electron chi connectivity index (χ4n) is 2.35. The zero-order valence-electron chi connectivity index (χ0n) is 15.1. The van der Waals surface area contributed by atoms with Crippen molar-refractivity contribution in [3.05, 3.63) is 52.6 Å². The maximum atomic E-state index is 12.4. The fourth-order valence-corrected chi connectivity index (χ4v) is 2.35. The van der Waals surface area contributed by atoms with Crippen molar-refractivity contribution in [2.75, 3.05) is 23.1 Å². The Hall–Kier alpha value is -3.62. The van der Waals surface area contributed by atoms with Crippen molar-refractivity contribution < 1.29 is 19.2 Å². The van der Waals surface area contributed by atoms with Crippen molar-refractivity contribution in [3.63, 3.8) is 0 Å². The van der Waals surface area contributed by atoms with E-state index in [1.807, 2.05) is 0 Å². The van der Waals surface area contributed by atoms with Crippen LogP contribution in [0.2, 0.25) is 0 Å². The van der Waals surface area contributed by atoms with Crippen LogP contribution in [0.25, 0.3) is 0 Å². The summed E-state index contributed by atoms with van der Waals surface area (Å²) in [5, 5.41) is 19.1. The number of carbonyl (C=O) groups is 2. The van der Waals surface area contributed by atoms with E-state index >= 15 is 0 Å². The molecule has 9 nitrogen and oxygen atoms in total. The van der Waals surface area contributed by atoms with E-state index in [0.717, 1.165) is 0 Å². The van der Waals surface area contributed by atoms with Gasteiger partial charge in [-0.05, 0) is 31.2 Å². The van der Waals surface area contributed by atoms with Crippen molar-refractivity contribution in [2.45, 2.75) is 19.9 Å². The number of nitro benzene ring substituents is 1. The summed E-state index contributed by atoms with van der Waals surface area (Å²) in [6.45, 7) is 3.03. The molecule has 0 saturated carbocycles. The number of benzene rings is 2. The summed E-state index contributed by atoms with van der Waals surface area (Å²) < 4.78 is 5.26. The number of hydrogen-bond donors (Lipinski definition) is 3. The zero-order valence-corrected chi connectivity index (χ0v) is 15.1. The standard InChI is InChI=1S/C18H20N4O5/c1-11(18(24)21-13-5-4-6-15(9-13)22(25)26)19-16-10-14(20-12(2)23)7-8-17(16)27-3/h4-11,19H,1-3H3,(H,20,23)(H,21,24). The van der Waals surface area contributed by atoms with Gasteiger partial charge in [0.1, 0.15) is 11.8 Å². The quantitative estimate of drug-likeness (QED) is 0.507. The Bertz CT molecular complexity index is 869. The lowest BCUT2D eigenvalue weighted by atomic mass is 10.2. The lowest BCUT2D eigenvalue weighted by molar-refractivity contribution is -0.384. The number of anilines is 3. The summed E-state index contributed by atoms with van der Waals surface area (Å²) in [6, 6.07) is 10.0. The topological polar surface area (TPSA) is 123 Å². The third-order valence-electron chi connectivity index (χ3n) is 3.61. The second-order valence-corrected chi connectivity index (χ2v) is 5.76. The van der Waals surface area contributed by atoms with E-state index in [4.69, 9.17) is 4.74 Å². The summed E-state index contributed by atoms with van der Waals surface area (Å²) >= 11 is 0. The van der Waals surface area contributed by atoms with Crippen LogP contribution in [0.15, 0.2) is 42.5 Å². The maximum Gasteiger partial charge on any atom is 0.271 e. The van der Waals surface area contributed by atoms with Crippen LogP contribution in [-0.4, -0.2) is 29.9 Å². The van der Waals surface area contributed by atoms with Crippen LogP contribution in [0.5, 0.6) is 5.75 Å². The number of non-ortho nitro benzene ring substituents is 1. The number of nitrogens with zero attached hydrogens (tertiary/aromatic N) is 1. The Labute approximate surface area is 155 Å². The van der Waals surface area contributed by atoms with Crippen LogP contribution in [0.4, 0.5) is 22.7 Å². The van der Waals surface area contributed by atoms with E-state index < -0.39 is 11.0 Å². The number of carbonyl (C=O) groups excluding carboxylic acids is 2. The molecule has 9 heteroatoms. The van der Waals surface area contributed by atoms with E-state index in [2.05, 4.69) is 16.0 Å². The molecule has 3 N–H and O–H groups in total. The Kier molecular flexibility index (Phi) is 6.32. The van der Waals surface area contributed by atoms with Crippen LogP contribution >= 0.6 is 0 Å². The van der Waals surface area contributed by atoms with Gasteiger partial charge in [-0.1, -0.05) is 6.07 Å². The van der Waals surface area contributed by atoms with Gasteiger partial charge in [0.25, 0.3) is 5.69 Å². The van der Waals surface area contributed by atoms with Gasteiger partial charge in [0.2, 0.25) is 11.8 Å². The second-order valence-electron chi connectivity index (χ2n) is 5.76. The van der Waals surface area contributed by atoms with Gasteiger partial charge in [-0.2, -0.15) is 0 Å². The van der Waals surface area contributed by atoms with Gasteiger partial charge in [-0.25, -0.2) is 0 Å². The summed E-state index contributed by atoms with van der Waals surface area (Å²) in [5.41, 5.74) is 1.28. The predicted molar refractivity (Wildman–Crippen MR) is 102 cm³/mol. The fraction of sp³-hybridized carbons (Fsp3) is 0.222. The molecule has 2 rings (SSSR count). The first-order valence-corrected chi connectivity index (χ1v) is 8.07. The van der Waals surface area contributed by atoms with Gasteiger partial charge >= 0.3 is 0 Å². The average Bonchev–Trinajstić information content (AvgIpc) is 2.61. The van der Waals surface area contributed by atoms with Crippen molar-refractivity contribution in [1.29, 1.82) is 0 Å². The highest BCUT2D eigenvalue weighted by molar-refractivity contribution is 5.97. The number of nitro groups is 1. The number of amides is 2. The summed E-state index contributed by atoms with van der Waals surface area (Å²) in [7, 11) is 1.49. The molecule has 1 atom stereocenters. The van der Waals surface area contributed by atoms with Crippen LogP contribution in [0.3, 0.4) is 0 Å². The van der Waals surface area contributed by atoms with Gasteiger partial charge in [-0.15, -0.1) is 0 Å². The molecule has 0 heterocycles. The molecule has 0 spiro atoms. The van der Waals surface area contributed by atoms with Gasteiger partial charge in [0.15, 0.2) is 0 Å². The highest BCUT2D eigenvalue weighted by atomic mass is 16.6. The first kappa shape index (κ1) is 19.7. The minimum atomic E-state index is -0.675. The van der Waals surface area contributed by atoms with Gasteiger partial charge < -0.3 is 20.7 Å². The molecule has 0 bridgehead atoms. The summed E-state index contributed by atoms with van der Waals surface area (Å²) in [6.07, 6.45) is 0. The number of rotatable bonds is 7. The smallest absolute Gasteiger partial charge is 0.271 e. The predicted octanol–water partition coefficient (Wildman–Crippen LogP) is 3.00. The number of hydrogen-bond acceptors (Lipinski definition) is 6. The number of methoxy groups -OCH3 is 1. The van der Waals surface area contributed by atoms with Crippen LogP contribution in [0, 0.1) is 10.1 Å². The Morgan fingerprint density at radius 1 is 1.11 bits per heavy atom. The highest BCUT2D eigenvalue weighted by Crippen LogP contribution is 2.28. The van der Waals surface area contributed by atoms with Gasteiger partial charge in [0, 0.05) is 30.4 Å². The highest BCUT2D eigenvalue weighted by Gasteiger charge is 2.16. The van der Waals surface area contributed by atoms with E-state index in [-0.39, 0.29) is 17.5 Å². The molecule has 0 fully saturated rings. The normalized spacial score (nSPS) is 11.2. The molecule has 2 aromatic rings. The first-order valence-electron chi connectivity index (χ1n) is 8.07. The molecular weight excluding hydrogens is 352 g/mol. The van der Waals surface area contributed by atoms with Crippen LogP contribution < -0.4 is 20.7 Å². The van der Waals surface area contributed by atoms with Crippen LogP contribution in [-0.2, 0) is 9.59 Å². The largest absolute Gasteiger partial charge is 0.495 e. The summed E-state index contributed by atoms with van der Waals surface area (Å²) in [4.78, 5) is 33.9. The van der Waals surface area contributed by atoms with E-state index in [1.54, 1.807) is 31.2 Å². The molecule has 0 aliphatic carbocycles. The molecule has 1 unspecified atom stereocenters. The molecule has 142 valence electrons. The Morgan fingerprint density at radius 2 is 1.81 bits per heavy atom. The third-order valence-corrected chi connectivity index (χ3v) is 3.61. The minimum absolute atomic E-state index is 0.113. The van der Waals surface area contributed by atoms with Gasteiger partial charge in [0.05, 0.1) is 17.7 Å². The molecule has 0 saturated heterocycles. The maximum absolute atomic E-state index is 12.4. The van der Waals surface area contributed by atoms with Crippen molar-refractivity contribution in [3.8, 4) is 5.75 Å². The molecule has 2 amide bonds. The van der Waals surface area contributed by atoms with E-state index in [0.29, 0.717) is 22.8 Å². The zero-order chi connectivity index (χ0) is 20.0. The van der Waals surface area contributed by atoms with Crippen LogP contribution in [0.1, 0.15) is 13.8 Å². The molecule has 27 heavy (non-hydrogen) atoms. The lowest BCUT2D eigenvalue weighted by Gasteiger charge is -2.18. The van der Waals surface area contributed by atoms with Crippen molar-refractivity contribution in [2.24, 2.45) is 0 Å². The SMILES string of the molecule is COc1ccc(NC(C)=O)cc1NC(C)C(=O)Nc1cccc([N+](=O)[O-])c1. The molecule has 0 aliphatic heterocycles. The van der Waals surface area contributed by atoms with E-state index in [1.165, 1.54) is 32.2 Å². The van der Waals surface area contributed by atoms with E-state index in [9.17, 15) is 19.7 Å². The minimum Gasteiger partial charge on any atom is -0.495 e. The third kappa shape index (κ3) is 5.43. The first-order chi connectivity index (χ1) is 12.8. The number of ether oxygens (including phenoxy) is 1. The molecule has 0 aliphatic rings. The van der Waals surface area contributed by atoms with Crippen molar-refractivity contribution in [1.82, 2.24) is 0 Å².